The summed E-state index contributed by atoms with van der Waals surface area (Å²) in [6.07, 6.45) is 0. The van der Waals surface area contributed by atoms with Gasteiger partial charge >= 0.3 is 5.97 Å². The first-order chi connectivity index (χ1) is 11.4. The van der Waals surface area contributed by atoms with Gasteiger partial charge in [0, 0.05) is 24.0 Å². The summed E-state index contributed by atoms with van der Waals surface area (Å²) in [4.78, 5) is 26.0. The number of carboxylic acids is 1. The second-order valence-electron chi connectivity index (χ2n) is 6.14. The van der Waals surface area contributed by atoms with Gasteiger partial charge in [-0.05, 0) is 37.6 Å². The lowest BCUT2D eigenvalue weighted by Crippen LogP contribution is -2.30. The summed E-state index contributed by atoms with van der Waals surface area (Å²) < 4.78 is 5.42. The van der Waals surface area contributed by atoms with Gasteiger partial charge in [-0.3, -0.25) is 9.59 Å². The summed E-state index contributed by atoms with van der Waals surface area (Å²) in [6.45, 7) is 4.07. The van der Waals surface area contributed by atoms with Crippen LogP contribution >= 0.6 is 11.6 Å². The van der Waals surface area contributed by atoms with Crippen LogP contribution in [0.3, 0.4) is 0 Å². The number of amides is 1. The van der Waals surface area contributed by atoms with Gasteiger partial charge in [0.1, 0.15) is 11.5 Å². The highest BCUT2D eigenvalue weighted by molar-refractivity contribution is 6.30. The molecule has 1 saturated heterocycles. The predicted octanol–water partition coefficient (Wildman–Crippen LogP) is 3.49. The first-order valence-electron chi connectivity index (χ1n) is 7.71. The molecule has 1 aliphatic rings. The lowest BCUT2D eigenvalue weighted by molar-refractivity contribution is -0.141. The molecule has 0 saturated carbocycles. The Labute approximate surface area is 144 Å². The van der Waals surface area contributed by atoms with Crippen molar-refractivity contribution in [1.29, 1.82) is 0 Å². The van der Waals surface area contributed by atoms with E-state index in [1.165, 1.54) is 0 Å². The number of rotatable bonds is 3. The Morgan fingerprint density at radius 3 is 2.42 bits per heavy atom. The molecule has 0 spiro atoms. The smallest absolute Gasteiger partial charge is 0.308 e. The van der Waals surface area contributed by atoms with Crippen LogP contribution in [0, 0.1) is 19.8 Å². The largest absolute Gasteiger partial charge is 0.481 e. The van der Waals surface area contributed by atoms with Gasteiger partial charge in [-0.15, -0.1) is 0 Å². The number of nitrogens with zero attached hydrogens (tertiary/aromatic N) is 1. The maximum Gasteiger partial charge on any atom is 0.308 e. The summed E-state index contributed by atoms with van der Waals surface area (Å²) in [5.41, 5.74) is 1.37. The zero-order valence-electron chi connectivity index (χ0n) is 13.5. The average molecular weight is 348 g/mol. The highest BCUT2D eigenvalue weighted by Crippen LogP contribution is 2.34. The van der Waals surface area contributed by atoms with Crippen molar-refractivity contribution in [3.63, 3.8) is 0 Å². The van der Waals surface area contributed by atoms with Crippen LogP contribution in [0.5, 0.6) is 0 Å². The van der Waals surface area contributed by atoms with Crippen LogP contribution in [0.1, 0.15) is 33.4 Å². The van der Waals surface area contributed by atoms with Crippen LogP contribution in [-0.2, 0) is 4.79 Å². The minimum Gasteiger partial charge on any atom is -0.481 e. The maximum absolute atomic E-state index is 12.7. The number of carboxylic acid groups (broad SMARTS) is 1. The summed E-state index contributed by atoms with van der Waals surface area (Å²) in [6, 6.07) is 8.82. The first-order valence-corrected chi connectivity index (χ1v) is 8.09. The molecule has 2 heterocycles. The Hall–Kier alpha value is -2.27. The Morgan fingerprint density at radius 2 is 1.88 bits per heavy atom. The molecule has 0 radical (unpaired) electrons. The van der Waals surface area contributed by atoms with E-state index in [9.17, 15) is 14.7 Å². The van der Waals surface area contributed by atoms with E-state index in [-0.39, 0.29) is 18.4 Å². The van der Waals surface area contributed by atoms with Crippen LogP contribution in [0.2, 0.25) is 5.02 Å². The van der Waals surface area contributed by atoms with Crippen molar-refractivity contribution in [2.24, 2.45) is 5.92 Å². The third-order valence-electron chi connectivity index (χ3n) is 4.49. The molecule has 0 bridgehead atoms. The highest BCUT2D eigenvalue weighted by Gasteiger charge is 2.41. The SMILES string of the molecule is Cc1cc(C(=O)N2C[C@@H](C(=O)O)[C@H](c3ccc(Cl)cc3)C2)c(C)o1. The number of halogens is 1. The van der Waals surface area contributed by atoms with Crippen LogP contribution in [-0.4, -0.2) is 35.0 Å². The van der Waals surface area contributed by atoms with E-state index in [1.807, 2.05) is 12.1 Å². The molecule has 5 nitrogen and oxygen atoms in total. The van der Waals surface area contributed by atoms with E-state index >= 15 is 0 Å². The first kappa shape index (κ1) is 16.6. The molecule has 1 amide bonds. The van der Waals surface area contributed by atoms with E-state index in [1.54, 1.807) is 36.9 Å². The number of aryl methyl sites for hydroxylation is 2. The molecule has 0 unspecified atom stereocenters. The molecular weight excluding hydrogens is 330 g/mol. The van der Waals surface area contributed by atoms with Gasteiger partial charge in [0.15, 0.2) is 0 Å². The third kappa shape index (κ3) is 3.04. The third-order valence-corrected chi connectivity index (χ3v) is 4.75. The van der Waals surface area contributed by atoms with Crippen molar-refractivity contribution in [2.75, 3.05) is 13.1 Å². The monoisotopic (exact) mass is 347 g/mol. The molecule has 1 fully saturated rings. The fourth-order valence-corrected chi connectivity index (χ4v) is 3.41. The number of carbonyl (C=O) groups excluding carboxylic acids is 1. The van der Waals surface area contributed by atoms with Gasteiger partial charge in [0.2, 0.25) is 0 Å². The molecule has 24 heavy (non-hydrogen) atoms. The molecular formula is C18H18ClNO4. The van der Waals surface area contributed by atoms with Crippen molar-refractivity contribution in [2.45, 2.75) is 19.8 Å². The topological polar surface area (TPSA) is 70.8 Å². The summed E-state index contributed by atoms with van der Waals surface area (Å²) in [5, 5.41) is 10.1. The molecule has 126 valence electrons. The molecule has 3 rings (SSSR count). The lowest BCUT2D eigenvalue weighted by Gasteiger charge is -2.16. The number of benzene rings is 1. The number of carbonyl (C=O) groups is 2. The van der Waals surface area contributed by atoms with Crippen molar-refractivity contribution >= 4 is 23.5 Å². The maximum atomic E-state index is 12.7. The summed E-state index contributed by atoms with van der Waals surface area (Å²) in [7, 11) is 0. The second-order valence-corrected chi connectivity index (χ2v) is 6.58. The fraction of sp³-hybridized carbons (Fsp3) is 0.333. The quantitative estimate of drug-likeness (QED) is 0.922. The lowest BCUT2D eigenvalue weighted by atomic mass is 9.89. The van der Waals surface area contributed by atoms with Gasteiger partial charge in [0.25, 0.3) is 5.91 Å². The molecule has 6 heteroatoms. The van der Waals surface area contributed by atoms with Gasteiger partial charge in [0.05, 0.1) is 11.5 Å². The molecule has 1 N–H and O–H groups in total. The molecule has 1 aromatic carbocycles. The van der Waals surface area contributed by atoms with E-state index < -0.39 is 11.9 Å². The predicted molar refractivity (Wildman–Crippen MR) is 89.4 cm³/mol. The van der Waals surface area contributed by atoms with Crippen LogP contribution in [0.25, 0.3) is 0 Å². The second kappa shape index (κ2) is 6.32. The number of furan rings is 1. The molecule has 2 atom stereocenters. The van der Waals surface area contributed by atoms with Gasteiger partial charge in [-0.25, -0.2) is 0 Å². The van der Waals surface area contributed by atoms with Crippen molar-refractivity contribution in [3.8, 4) is 0 Å². The number of likely N-dealkylation sites (tertiary alicyclic amines) is 1. The zero-order valence-corrected chi connectivity index (χ0v) is 14.2. The average Bonchev–Trinajstić information content (AvgIpc) is 3.11. The van der Waals surface area contributed by atoms with Crippen molar-refractivity contribution in [3.05, 3.63) is 58.0 Å². The number of aliphatic carboxylic acids is 1. The number of hydrogen-bond donors (Lipinski definition) is 1. The van der Waals surface area contributed by atoms with Gasteiger partial charge in [-0.1, -0.05) is 23.7 Å². The highest BCUT2D eigenvalue weighted by atomic mass is 35.5. The number of hydrogen-bond acceptors (Lipinski definition) is 3. The Bertz CT molecular complexity index is 781. The van der Waals surface area contributed by atoms with E-state index in [0.29, 0.717) is 28.7 Å². The zero-order chi connectivity index (χ0) is 17.4. The molecule has 1 aliphatic heterocycles. The summed E-state index contributed by atoms with van der Waals surface area (Å²) in [5.74, 6) is -0.753. The minimum atomic E-state index is -0.898. The van der Waals surface area contributed by atoms with Crippen molar-refractivity contribution < 1.29 is 19.1 Å². The molecule has 1 aromatic heterocycles. The van der Waals surface area contributed by atoms with E-state index in [4.69, 9.17) is 16.0 Å². The normalized spacial score (nSPS) is 20.4. The Kier molecular flexibility index (Phi) is 4.37. The van der Waals surface area contributed by atoms with Crippen LogP contribution in [0.15, 0.2) is 34.7 Å². The van der Waals surface area contributed by atoms with Crippen LogP contribution in [0.4, 0.5) is 0 Å². The van der Waals surface area contributed by atoms with E-state index in [0.717, 1.165) is 5.56 Å². The fourth-order valence-electron chi connectivity index (χ4n) is 3.28. The van der Waals surface area contributed by atoms with Crippen molar-refractivity contribution in [1.82, 2.24) is 4.90 Å². The molecule has 0 aliphatic carbocycles. The minimum absolute atomic E-state index is 0.186. The standard InChI is InChI=1S/C18H18ClNO4/c1-10-7-14(11(2)24-10)17(21)20-8-15(16(9-20)18(22)23)12-3-5-13(19)6-4-12/h3-7,15-16H,8-9H2,1-2H3,(H,22,23)/t15-,16+/m0/s1. The Morgan fingerprint density at radius 1 is 1.21 bits per heavy atom. The van der Waals surface area contributed by atoms with Gasteiger partial charge in [-0.2, -0.15) is 0 Å². The van der Waals surface area contributed by atoms with Crippen LogP contribution < -0.4 is 0 Å². The van der Waals surface area contributed by atoms with E-state index in [2.05, 4.69) is 0 Å². The molecule has 2 aromatic rings. The summed E-state index contributed by atoms with van der Waals surface area (Å²) >= 11 is 5.90. The van der Waals surface area contributed by atoms with Gasteiger partial charge < -0.3 is 14.4 Å². The Balaban J connectivity index is 1.87.